The molecule has 0 saturated heterocycles. The summed E-state index contributed by atoms with van der Waals surface area (Å²) in [6, 6.07) is 3.10. The van der Waals surface area contributed by atoms with Crippen molar-refractivity contribution in [2.45, 2.75) is 26.4 Å². The van der Waals surface area contributed by atoms with Gasteiger partial charge in [-0.25, -0.2) is 4.79 Å². The number of fused-ring (bicyclic) bond motifs is 1. The number of alkyl halides is 3. The minimum Gasteiger partial charge on any atom is -0.496 e. The number of nitrogens with zero attached hydrogens (tertiary/aromatic N) is 3. The van der Waals surface area contributed by atoms with Gasteiger partial charge in [0.2, 0.25) is 0 Å². The maximum absolute atomic E-state index is 13.2. The Hall–Kier alpha value is -3.50. The molecule has 3 rings (SSSR count). The van der Waals surface area contributed by atoms with Crippen LogP contribution in [0.4, 0.5) is 23.7 Å². The van der Waals surface area contributed by atoms with Crippen LogP contribution in [0, 0.1) is 5.92 Å². The standard InChI is InChI=1S/C21H21F3N4O4/c1-4-12-10-25-18-16(17(12)32-5-2)19(30)28(20(31)27(18)3)11-15(29)26-14-8-6-13(7-9-14)21(22,23)24/h6-10,16H,4-5,11H2,1-3H3/p+1. The van der Waals surface area contributed by atoms with Crippen LogP contribution in [0.15, 0.2) is 40.6 Å². The van der Waals surface area contributed by atoms with Gasteiger partial charge in [-0.05, 0) is 37.6 Å². The number of carbonyl (C=O) groups is 3. The van der Waals surface area contributed by atoms with Crippen LogP contribution in [-0.4, -0.2) is 59.6 Å². The molecule has 2 aliphatic heterocycles. The number of amides is 4. The van der Waals surface area contributed by atoms with Crippen LogP contribution < -0.4 is 5.32 Å². The van der Waals surface area contributed by atoms with E-state index >= 15 is 0 Å². The van der Waals surface area contributed by atoms with Gasteiger partial charge in [0, 0.05) is 11.3 Å². The molecule has 0 aliphatic carbocycles. The lowest BCUT2D eigenvalue weighted by atomic mass is 9.94. The third-order valence-electron chi connectivity index (χ3n) is 5.04. The van der Waals surface area contributed by atoms with Crippen LogP contribution in [-0.2, 0) is 20.5 Å². The number of benzene rings is 1. The average molecular weight is 451 g/mol. The highest BCUT2D eigenvalue weighted by Gasteiger charge is 2.51. The molecule has 0 bridgehead atoms. The van der Waals surface area contributed by atoms with Crippen molar-refractivity contribution >= 4 is 35.6 Å². The lowest BCUT2D eigenvalue weighted by Gasteiger charge is -2.29. The number of rotatable bonds is 6. The average Bonchev–Trinajstić information content (AvgIpc) is 2.75. The van der Waals surface area contributed by atoms with E-state index in [1.54, 1.807) is 13.1 Å². The van der Waals surface area contributed by atoms with Gasteiger partial charge in [-0.1, -0.05) is 6.92 Å². The summed E-state index contributed by atoms with van der Waals surface area (Å²) in [6.45, 7) is 3.33. The number of ether oxygens (including phenoxy) is 1. The van der Waals surface area contributed by atoms with Crippen molar-refractivity contribution in [3.8, 4) is 0 Å². The van der Waals surface area contributed by atoms with Crippen molar-refractivity contribution in [1.82, 2.24) is 4.90 Å². The minimum absolute atomic E-state index is 0.103. The Balaban J connectivity index is 1.81. The number of amidine groups is 1. The Bertz CT molecular complexity index is 1040. The maximum Gasteiger partial charge on any atom is 0.446 e. The van der Waals surface area contributed by atoms with Crippen LogP contribution >= 0.6 is 0 Å². The number of halogens is 3. The van der Waals surface area contributed by atoms with Gasteiger partial charge in [0.1, 0.15) is 12.0 Å². The first-order chi connectivity index (χ1) is 15.1. The molecule has 2 aliphatic rings. The van der Waals surface area contributed by atoms with Crippen molar-refractivity contribution in [3.63, 3.8) is 0 Å². The zero-order valence-electron chi connectivity index (χ0n) is 17.7. The van der Waals surface area contributed by atoms with Crippen molar-refractivity contribution in [1.29, 1.82) is 0 Å². The van der Waals surface area contributed by atoms with Gasteiger partial charge in [-0.2, -0.15) is 22.6 Å². The maximum atomic E-state index is 13.2. The number of urea groups is 1. The Morgan fingerprint density at radius 1 is 1.22 bits per heavy atom. The molecule has 1 aromatic rings. The largest absolute Gasteiger partial charge is 0.496 e. The Labute approximate surface area is 182 Å². The molecule has 1 aromatic carbocycles. The number of hydrogen-bond donors (Lipinski definition) is 1. The van der Waals surface area contributed by atoms with Gasteiger partial charge in [0.25, 0.3) is 11.7 Å². The lowest BCUT2D eigenvalue weighted by Crippen LogP contribution is -2.56. The molecule has 1 N–H and O–H groups in total. The van der Waals surface area contributed by atoms with Crippen molar-refractivity contribution < 1.29 is 36.9 Å². The van der Waals surface area contributed by atoms with Crippen molar-refractivity contribution in [2.75, 3.05) is 25.5 Å². The molecule has 1 atom stereocenters. The molecule has 8 nitrogen and oxygen atoms in total. The predicted molar refractivity (Wildman–Crippen MR) is 109 cm³/mol. The fraction of sp³-hybridized carbons (Fsp3) is 0.381. The molecular weight excluding hydrogens is 429 g/mol. The molecule has 2 heterocycles. The zero-order chi connectivity index (χ0) is 23.6. The lowest BCUT2D eigenvalue weighted by molar-refractivity contribution is -0.408. The molecule has 32 heavy (non-hydrogen) atoms. The normalized spacial score (nSPS) is 18.8. The number of dihydropyridines is 1. The Morgan fingerprint density at radius 3 is 2.44 bits per heavy atom. The third kappa shape index (κ3) is 4.41. The van der Waals surface area contributed by atoms with Crippen LogP contribution in [0.3, 0.4) is 0 Å². The smallest absolute Gasteiger partial charge is 0.446 e. The van der Waals surface area contributed by atoms with E-state index in [9.17, 15) is 27.6 Å². The molecular formula is C21H22F3N4O4+. The highest BCUT2D eigenvalue weighted by atomic mass is 19.4. The van der Waals surface area contributed by atoms with Crippen molar-refractivity contribution in [2.24, 2.45) is 10.9 Å². The minimum atomic E-state index is -4.50. The van der Waals surface area contributed by atoms with Gasteiger partial charge >= 0.3 is 18.1 Å². The first kappa shape index (κ1) is 23.2. The number of anilines is 1. The molecule has 4 amide bonds. The second-order valence-corrected chi connectivity index (χ2v) is 7.11. The fourth-order valence-electron chi connectivity index (χ4n) is 3.45. The number of allylic oxidation sites excluding steroid dienone is 1. The van der Waals surface area contributed by atoms with Crippen molar-refractivity contribution in [3.05, 3.63) is 41.2 Å². The molecule has 11 heteroatoms. The highest BCUT2D eigenvalue weighted by Crippen LogP contribution is 2.31. The van der Waals surface area contributed by atoms with Gasteiger partial charge < -0.3 is 10.1 Å². The van der Waals surface area contributed by atoms with Crippen LogP contribution in [0.2, 0.25) is 0 Å². The van der Waals surface area contributed by atoms with E-state index in [0.717, 1.165) is 29.2 Å². The molecule has 0 spiro atoms. The number of aliphatic imine (C=N–C) groups is 1. The summed E-state index contributed by atoms with van der Waals surface area (Å²) in [5, 5.41) is 2.40. The van der Waals surface area contributed by atoms with Gasteiger partial charge in [-0.15, -0.1) is 4.99 Å². The summed E-state index contributed by atoms with van der Waals surface area (Å²) in [7, 11) is 1.44. The molecule has 1 unspecified atom stereocenters. The summed E-state index contributed by atoms with van der Waals surface area (Å²) < 4.78 is 44.9. The van der Waals surface area contributed by atoms with E-state index in [4.69, 9.17) is 4.74 Å². The predicted octanol–water partition coefficient (Wildman–Crippen LogP) is 3.05. The molecule has 0 aromatic heterocycles. The second kappa shape index (κ2) is 8.93. The summed E-state index contributed by atoms with van der Waals surface area (Å²) in [6.07, 6.45) is -2.39. The van der Waals surface area contributed by atoms with E-state index in [1.807, 2.05) is 6.92 Å². The molecule has 0 saturated carbocycles. The number of carbonyl (C=O) groups excluding carboxylic acids is 3. The topological polar surface area (TPSA) is 91.1 Å². The van der Waals surface area contributed by atoms with Crippen LogP contribution in [0.1, 0.15) is 25.8 Å². The SMILES string of the molecule is CCOC1=C(CC)C=NC2=[N+](C)C(=O)N(CC(=O)Nc3ccc(C(F)(F)F)cc3)C(=O)C12. The van der Waals surface area contributed by atoms with E-state index < -0.39 is 42.0 Å². The number of nitrogens with one attached hydrogen (secondary N) is 1. The number of imide groups is 1. The second-order valence-electron chi connectivity index (χ2n) is 7.11. The number of hydrogen-bond acceptors (Lipinski definition) is 5. The molecule has 0 fully saturated rings. The first-order valence-corrected chi connectivity index (χ1v) is 9.91. The first-order valence-electron chi connectivity index (χ1n) is 9.91. The summed E-state index contributed by atoms with van der Waals surface area (Å²) in [5.74, 6) is -1.76. The Kier molecular flexibility index (Phi) is 6.47. The van der Waals surface area contributed by atoms with Gasteiger partial charge in [0.05, 0.1) is 19.2 Å². The van der Waals surface area contributed by atoms with E-state index in [2.05, 4.69) is 10.3 Å². The van der Waals surface area contributed by atoms with E-state index in [1.165, 1.54) is 11.6 Å². The molecule has 170 valence electrons. The van der Waals surface area contributed by atoms with Gasteiger partial charge in [-0.3, -0.25) is 9.59 Å². The monoisotopic (exact) mass is 451 g/mol. The fourth-order valence-corrected chi connectivity index (χ4v) is 3.45. The molecule has 0 radical (unpaired) electrons. The quantitative estimate of drug-likeness (QED) is 0.673. The van der Waals surface area contributed by atoms with E-state index in [-0.39, 0.29) is 11.5 Å². The van der Waals surface area contributed by atoms with E-state index in [0.29, 0.717) is 24.4 Å². The summed E-state index contributed by atoms with van der Waals surface area (Å²) in [4.78, 5) is 43.4. The van der Waals surface area contributed by atoms with Crippen LogP contribution in [0.25, 0.3) is 0 Å². The van der Waals surface area contributed by atoms with Crippen LogP contribution in [0.5, 0.6) is 0 Å². The summed E-state index contributed by atoms with van der Waals surface area (Å²) in [5.41, 5.74) is -0.0433. The third-order valence-corrected chi connectivity index (χ3v) is 5.04. The zero-order valence-corrected chi connectivity index (χ0v) is 17.7. The Morgan fingerprint density at radius 2 is 1.88 bits per heavy atom. The van der Waals surface area contributed by atoms with Gasteiger partial charge in [0.15, 0.2) is 12.5 Å². The summed E-state index contributed by atoms with van der Waals surface area (Å²) >= 11 is 0. The highest BCUT2D eigenvalue weighted by molar-refractivity contribution is 6.17.